The van der Waals surface area contributed by atoms with Crippen LogP contribution in [0, 0.1) is 6.92 Å². The summed E-state index contributed by atoms with van der Waals surface area (Å²) < 4.78 is 0. The molecule has 0 saturated carbocycles. The number of amides is 2. The maximum absolute atomic E-state index is 13.8. The molecule has 0 radical (unpaired) electrons. The number of likely N-dealkylation sites (N-methyl/N-ethyl adjacent to an activating group) is 1. The fraction of sp³-hybridized carbons (Fsp3) is 0.345. The van der Waals surface area contributed by atoms with Gasteiger partial charge in [0.05, 0.1) is 29.8 Å². The Hall–Kier alpha value is -3.32. The number of hydrogen-bond acceptors (Lipinski definition) is 5. The number of thioether (sulfide) groups is 1. The van der Waals surface area contributed by atoms with Gasteiger partial charge >= 0.3 is 0 Å². The van der Waals surface area contributed by atoms with Gasteiger partial charge in [-0.3, -0.25) is 9.59 Å². The molecule has 0 aromatic heterocycles. The number of aryl methyl sites for hydroxylation is 1. The van der Waals surface area contributed by atoms with Gasteiger partial charge in [0, 0.05) is 18.8 Å². The van der Waals surface area contributed by atoms with Gasteiger partial charge in [0.1, 0.15) is 0 Å². The highest BCUT2D eigenvalue weighted by Crippen LogP contribution is 2.45. The molecule has 0 aliphatic carbocycles. The minimum atomic E-state index is -0.340. The number of benzene rings is 2. The van der Waals surface area contributed by atoms with Gasteiger partial charge in [0.25, 0.3) is 5.91 Å². The van der Waals surface area contributed by atoms with Crippen molar-refractivity contribution in [3.63, 3.8) is 0 Å². The zero-order valence-electron chi connectivity index (χ0n) is 21.6. The summed E-state index contributed by atoms with van der Waals surface area (Å²) in [6.45, 7) is 11.2. The first-order chi connectivity index (χ1) is 17.3. The smallest absolute Gasteiger partial charge is 0.254 e. The molecule has 2 unspecified atom stereocenters. The second-order valence-electron chi connectivity index (χ2n) is 9.10. The molecule has 2 atom stereocenters. The molecule has 6 nitrogen and oxygen atoms in total. The van der Waals surface area contributed by atoms with Crippen molar-refractivity contribution in [2.45, 2.75) is 53.1 Å². The summed E-state index contributed by atoms with van der Waals surface area (Å²) in [7, 11) is 0. The Balaban J connectivity index is 1.67. The molecule has 2 aromatic carbocycles. The predicted molar refractivity (Wildman–Crippen MR) is 147 cm³/mol. The maximum Gasteiger partial charge on any atom is 0.254 e. The zero-order chi connectivity index (χ0) is 25.8. The number of nitrogens with zero attached hydrogens (tertiary/aromatic N) is 3. The van der Waals surface area contributed by atoms with Crippen LogP contribution in [0.3, 0.4) is 0 Å². The monoisotopic (exact) mass is 502 g/mol. The molecular weight excluding hydrogens is 468 g/mol. The molecule has 2 heterocycles. The van der Waals surface area contributed by atoms with E-state index in [0.29, 0.717) is 18.7 Å². The summed E-state index contributed by atoms with van der Waals surface area (Å²) in [5.74, 6) is -0.0714. The summed E-state index contributed by atoms with van der Waals surface area (Å²) in [6, 6.07) is 17.6. The van der Waals surface area contributed by atoms with Crippen molar-refractivity contribution in [1.29, 1.82) is 0 Å². The molecular formula is C29H34N4O2S. The molecule has 2 amide bonds. The largest absolute Gasteiger partial charge is 0.349 e. The Kier molecular flexibility index (Phi) is 7.99. The molecule has 0 bridgehead atoms. The number of hydrogen-bond donors (Lipinski definition) is 1. The van der Waals surface area contributed by atoms with Gasteiger partial charge in [-0.05, 0) is 56.7 Å². The van der Waals surface area contributed by atoms with E-state index in [1.807, 2.05) is 80.5 Å². The molecule has 0 spiro atoms. The van der Waals surface area contributed by atoms with Gasteiger partial charge in [0.2, 0.25) is 5.91 Å². The van der Waals surface area contributed by atoms with Crippen LogP contribution in [0.25, 0.3) is 0 Å². The second kappa shape index (κ2) is 11.2. The quantitative estimate of drug-likeness (QED) is 0.502. The summed E-state index contributed by atoms with van der Waals surface area (Å²) in [5, 5.41) is 5.92. The van der Waals surface area contributed by atoms with Gasteiger partial charge in [-0.2, -0.15) is 0 Å². The molecule has 2 aromatic rings. The first-order valence-corrected chi connectivity index (χ1v) is 13.4. The third kappa shape index (κ3) is 5.12. The lowest BCUT2D eigenvalue weighted by Gasteiger charge is -2.38. The number of rotatable bonds is 8. The van der Waals surface area contributed by atoms with E-state index in [1.54, 1.807) is 0 Å². The summed E-state index contributed by atoms with van der Waals surface area (Å²) in [4.78, 5) is 35.6. The fourth-order valence-electron chi connectivity index (χ4n) is 4.79. The standard InChI is InChI=1S/C29H34N4O2S/c1-6-32(7-2)28(35)26-21(5)31-29-33(27(26)24-16-12-11-13-19(24)3)23(18-36-29)17-25(34)30-20(4)22-14-9-8-10-15-22/h8-16,18,20,27H,6-7,17H2,1-5H3,(H,30,34). The van der Waals surface area contributed by atoms with Crippen molar-refractivity contribution < 1.29 is 9.59 Å². The topological polar surface area (TPSA) is 65.0 Å². The van der Waals surface area contributed by atoms with Crippen molar-refractivity contribution >= 4 is 28.7 Å². The molecule has 0 saturated heterocycles. The average Bonchev–Trinajstić information content (AvgIpc) is 3.26. The third-order valence-corrected chi connectivity index (χ3v) is 7.67. The SMILES string of the molecule is CCN(CC)C(=O)C1=C(C)N=C2SC=C(CC(=O)NC(C)c3ccccc3)N2C1c1ccccc1C. The van der Waals surface area contributed by atoms with Crippen LogP contribution in [0.2, 0.25) is 0 Å². The Bertz CT molecular complexity index is 1230. The van der Waals surface area contributed by atoms with Crippen LogP contribution in [-0.4, -0.2) is 39.9 Å². The number of amidine groups is 1. The lowest BCUT2D eigenvalue weighted by atomic mass is 9.90. The number of carbonyl (C=O) groups excluding carboxylic acids is 2. The minimum Gasteiger partial charge on any atom is -0.349 e. The van der Waals surface area contributed by atoms with Crippen LogP contribution < -0.4 is 5.32 Å². The molecule has 2 aliphatic heterocycles. The van der Waals surface area contributed by atoms with Gasteiger partial charge in [-0.1, -0.05) is 66.4 Å². The van der Waals surface area contributed by atoms with Gasteiger partial charge in [-0.25, -0.2) is 4.99 Å². The Morgan fingerprint density at radius 1 is 1.06 bits per heavy atom. The van der Waals surface area contributed by atoms with E-state index in [9.17, 15) is 9.59 Å². The van der Waals surface area contributed by atoms with Crippen molar-refractivity contribution in [1.82, 2.24) is 15.1 Å². The van der Waals surface area contributed by atoms with E-state index in [0.717, 1.165) is 33.3 Å². The fourth-order valence-corrected chi connectivity index (χ4v) is 5.76. The van der Waals surface area contributed by atoms with E-state index < -0.39 is 0 Å². The van der Waals surface area contributed by atoms with Crippen molar-refractivity contribution in [2.24, 2.45) is 4.99 Å². The van der Waals surface area contributed by atoms with E-state index in [2.05, 4.69) is 29.3 Å². The minimum absolute atomic E-state index is 0.00745. The number of allylic oxidation sites excluding steroid dienone is 1. The zero-order valence-corrected chi connectivity index (χ0v) is 22.4. The first-order valence-electron chi connectivity index (χ1n) is 12.5. The van der Waals surface area contributed by atoms with E-state index >= 15 is 0 Å². The lowest BCUT2D eigenvalue weighted by molar-refractivity contribution is -0.127. The molecule has 2 aliphatic rings. The lowest BCUT2D eigenvalue weighted by Crippen LogP contribution is -2.42. The van der Waals surface area contributed by atoms with Gasteiger partial charge < -0.3 is 15.1 Å². The molecule has 0 fully saturated rings. The van der Waals surface area contributed by atoms with Crippen molar-refractivity contribution in [3.05, 3.63) is 93.7 Å². The normalized spacial score (nSPS) is 17.8. The van der Waals surface area contributed by atoms with E-state index in [-0.39, 0.29) is 30.3 Å². The molecule has 188 valence electrons. The Labute approximate surface area is 218 Å². The van der Waals surface area contributed by atoms with E-state index in [1.165, 1.54) is 11.8 Å². The maximum atomic E-state index is 13.8. The molecule has 36 heavy (non-hydrogen) atoms. The summed E-state index contributed by atoms with van der Waals surface area (Å²) in [6.07, 6.45) is 0.206. The highest BCUT2D eigenvalue weighted by atomic mass is 32.2. The summed E-state index contributed by atoms with van der Waals surface area (Å²) in [5.41, 5.74) is 5.45. The van der Waals surface area contributed by atoms with Crippen LogP contribution in [0.1, 0.15) is 62.9 Å². The van der Waals surface area contributed by atoms with Crippen LogP contribution in [-0.2, 0) is 9.59 Å². The molecule has 4 rings (SSSR count). The summed E-state index contributed by atoms with van der Waals surface area (Å²) >= 11 is 1.51. The van der Waals surface area contributed by atoms with Crippen molar-refractivity contribution in [2.75, 3.05) is 13.1 Å². The Morgan fingerprint density at radius 2 is 1.72 bits per heavy atom. The molecule has 1 N–H and O–H groups in total. The predicted octanol–water partition coefficient (Wildman–Crippen LogP) is 5.71. The second-order valence-corrected chi connectivity index (χ2v) is 9.94. The number of aliphatic imine (C=N–C) groups is 1. The highest BCUT2D eigenvalue weighted by molar-refractivity contribution is 8.16. The van der Waals surface area contributed by atoms with Crippen LogP contribution in [0.15, 0.2) is 82.0 Å². The highest BCUT2D eigenvalue weighted by Gasteiger charge is 2.41. The third-order valence-electron chi connectivity index (χ3n) is 6.78. The first kappa shape index (κ1) is 25.8. The van der Waals surface area contributed by atoms with Crippen molar-refractivity contribution in [3.8, 4) is 0 Å². The van der Waals surface area contributed by atoms with Crippen LogP contribution in [0.5, 0.6) is 0 Å². The van der Waals surface area contributed by atoms with E-state index in [4.69, 9.17) is 4.99 Å². The van der Waals surface area contributed by atoms with Gasteiger partial charge in [-0.15, -0.1) is 0 Å². The number of fused-ring (bicyclic) bond motifs is 1. The van der Waals surface area contributed by atoms with Crippen LogP contribution in [0.4, 0.5) is 0 Å². The average molecular weight is 503 g/mol. The van der Waals surface area contributed by atoms with Crippen LogP contribution >= 0.6 is 11.8 Å². The van der Waals surface area contributed by atoms with Gasteiger partial charge in [0.15, 0.2) is 5.17 Å². The number of nitrogens with one attached hydrogen (secondary N) is 1. The number of carbonyl (C=O) groups is 2. The Morgan fingerprint density at radius 3 is 2.39 bits per heavy atom. The molecule has 7 heteroatoms.